The molecule has 1 heterocycles. The van der Waals surface area contributed by atoms with E-state index in [2.05, 4.69) is 5.32 Å². The summed E-state index contributed by atoms with van der Waals surface area (Å²) in [6.45, 7) is 0.878. The topological polar surface area (TPSA) is 12.0 Å². The van der Waals surface area contributed by atoms with Crippen LogP contribution in [0.3, 0.4) is 0 Å². The zero-order valence-electron chi connectivity index (χ0n) is 6.25. The van der Waals surface area contributed by atoms with Gasteiger partial charge in [0.05, 0.1) is 0 Å². The molecule has 0 spiro atoms. The van der Waals surface area contributed by atoms with Crippen molar-refractivity contribution >= 4 is 0 Å². The number of hydrogen-bond acceptors (Lipinski definition) is 1. The summed E-state index contributed by atoms with van der Waals surface area (Å²) in [6.07, 6.45) is -2.48. The molecule has 1 saturated heterocycles. The second kappa shape index (κ2) is 3.43. The Balaban J connectivity index is 2.11. The van der Waals surface area contributed by atoms with Gasteiger partial charge in [0.2, 0.25) is 0 Å². The van der Waals surface area contributed by atoms with Gasteiger partial charge in [-0.15, -0.1) is 0 Å². The average Bonchev–Trinajstić information content (AvgIpc) is 2.32. The first kappa shape index (κ1) is 8.84. The van der Waals surface area contributed by atoms with Gasteiger partial charge in [-0.05, 0) is 25.8 Å². The molecule has 1 rings (SSSR count). The minimum Gasteiger partial charge on any atom is -0.314 e. The summed E-state index contributed by atoms with van der Waals surface area (Å²) in [6, 6.07) is 0.108. The predicted octanol–water partition coefficient (Wildman–Crippen LogP) is 2.08. The van der Waals surface area contributed by atoms with E-state index in [1.807, 2.05) is 0 Å². The molecule has 1 nitrogen and oxygen atoms in total. The highest BCUT2D eigenvalue weighted by atomic mass is 19.4. The highest BCUT2D eigenvalue weighted by Gasteiger charge is 2.28. The van der Waals surface area contributed by atoms with Crippen LogP contribution in [-0.4, -0.2) is 18.8 Å². The molecule has 0 saturated carbocycles. The van der Waals surface area contributed by atoms with Gasteiger partial charge in [-0.1, -0.05) is 0 Å². The number of rotatable bonds is 2. The standard InChI is InChI=1S/C7H12F3N/c8-7(9,10)4-3-6-2-1-5-11-6/h6,11H,1-5H2. The zero-order valence-corrected chi connectivity index (χ0v) is 6.25. The number of nitrogens with one attached hydrogen (secondary N) is 1. The molecule has 1 fully saturated rings. The van der Waals surface area contributed by atoms with Crippen molar-refractivity contribution in [1.82, 2.24) is 5.32 Å². The molecule has 0 aromatic heterocycles. The van der Waals surface area contributed by atoms with E-state index < -0.39 is 12.6 Å². The summed E-state index contributed by atoms with van der Waals surface area (Å²) in [7, 11) is 0. The molecule has 4 heteroatoms. The van der Waals surface area contributed by atoms with E-state index in [0.717, 1.165) is 19.4 Å². The molecular weight excluding hydrogens is 155 g/mol. The number of hydrogen-bond donors (Lipinski definition) is 1. The summed E-state index contributed by atoms with van der Waals surface area (Å²) in [5.74, 6) is 0. The van der Waals surface area contributed by atoms with Crippen molar-refractivity contribution in [2.45, 2.75) is 37.9 Å². The molecular formula is C7H12F3N. The van der Waals surface area contributed by atoms with E-state index in [1.54, 1.807) is 0 Å². The molecule has 0 radical (unpaired) electrons. The monoisotopic (exact) mass is 167 g/mol. The van der Waals surface area contributed by atoms with Crippen LogP contribution in [0.4, 0.5) is 13.2 Å². The first-order valence-electron chi connectivity index (χ1n) is 3.88. The van der Waals surface area contributed by atoms with Gasteiger partial charge in [-0.3, -0.25) is 0 Å². The number of alkyl halides is 3. The second-order valence-electron chi connectivity index (χ2n) is 2.95. The van der Waals surface area contributed by atoms with Crippen LogP contribution >= 0.6 is 0 Å². The molecule has 11 heavy (non-hydrogen) atoms. The van der Waals surface area contributed by atoms with Crippen LogP contribution in [0.2, 0.25) is 0 Å². The van der Waals surface area contributed by atoms with Gasteiger partial charge in [0.15, 0.2) is 0 Å². The second-order valence-corrected chi connectivity index (χ2v) is 2.95. The van der Waals surface area contributed by atoms with E-state index in [-0.39, 0.29) is 12.5 Å². The Bertz CT molecular complexity index is 115. The minimum absolute atomic E-state index is 0.108. The Morgan fingerprint density at radius 3 is 2.55 bits per heavy atom. The maximum absolute atomic E-state index is 11.7. The molecule has 0 aromatic rings. The van der Waals surface area contributed by atoms with Crippen molar-refractivity contribution in [2.24, 2.45) is 0 Å². The van der Waals surface area contributed by atoms with E-state index in [4.69, 9.17) is 0 Å². The SMILES string of the molecule is FC(F)(F)CCC1CCCN1. The molecule has 0 amide bonds. The Morgan fingerprint density at radius 1 is 1.36 bits per heavy atom. The third-order valence-corrected chi connectivity index (χ3v) is 1.94. The minimum atomic E-state index is -3.98. The fourth-order valence-corrected chi connectivity index (χ4v) is 1.34. The molecule has 1 unspecified atom stereocenters. The molecule has 0 bridgehead atoms. The third kappa shape index (κ3) is 3.60. The molecule has 1 aliphatic heterocycles. The molecule has 1 atom stereocenters. The van der Waals surface area contributed by atoms with Gasteiger partial charge in [0.1, 0.15) is 0 Å². The lowest BCUT2D eigenvalue weighted by atomic mass is 10.1. The lowest BCUT2D eigenvalue weighted by Crippen LogP contribution is -2.23. The molecule has 0 aromatic carbocycles. The third-order valence-electron chi connectivity index (χ3n) is 1.94. The van der Waals surface area contributed by atoms with E-state index in [0.29, 0.717) is 0 Å². The van der Waals surface area contributed by atoms with E-state index in [9.17, 15) is 13.2 Å². The van der Waals surface area contributed by atoms with Crippen molar-refractivity contribution in [3.8, 4) is 0 Å². The van der Waals surface area contributed by atoms with Gasteiger partial charge in [0.25, 0.3) is 0 Å². The van der Waals surface area contributed by atoms with Gasteiger partial charge in [-0.25, -0.2) is 0 Å². The molecule has 0 aliphatic carbocycles. The lowest BCUT2D eigenvalue weighted by molar-refractivity contribution is -0.136. The van der Waals surface area contributed by atoms with Gasteiger partial charge >= 0.3 is 6.18 Å². The summed E-state index contributed by atoms with van der Waals surface area (Å²) in [4.78, 5) is 0. The summed E-state index contributed by atoms with van der Waals surface area (Å²) in [5, 5.41) is 3.03. The molecule has 1 N–H and O–H groups in total. The largest absolute Gasteiger partial charge is 0.389 e. The highest BCUT2D eigenvalue weighted by Crippen LogP contribution is 2.24. The summed E-state index contributed by atoms with van der Waals surface area (Å²) >= 11 is 0. The quantitative estimate of drug-likeness (QED) is 0.664. The zero-order chi connectivity index (χ0) is 8.32. The summed E-state index contributed by atoms with van der Waals surface area (Å²) in [5.41, 5.74) is 0. The first-order valence-corrected chi connectivity index (χ1v) is 3.88. The normalized spacial score (nSPS) is 25.9. The predicted molar refractivity (Wildman–Crippen MR) is 36.3 cm³/mol. The lowest BCUT2D eigenvalue weighted by Gasteiger charge is -2.11. The first-order chi connectivity index (χ1) is 5.08. The smallest absolute Gasteiger partial charge is 0.314 e. The van der Waals surface area contributed by atoms with Gasteiger partial charge in [0, 0.05) is 12.5 Å². The molecule has 66 valence electrons. The number of halogens is 3. The maximum atomic E-state index is 11.7. The summed E-state index contributed by atoms with van der Waals surface area (Å²) < 4.78 is 35.0. The Kier molecular flexibility index (Phi) is 2.76. The van der Waals surface area contributed by atoms with Gasteiger partial charge in [-0.2, -0.15) is 13.2 Å². The fourth-order valence-electron chi connectivity index (χ4n) is 1.34. The van der Waals surface area contributed by atoms with Crippen molar-refractivity contribution < 1.29 is 13.2 Å². The highest BCUT2D eigenvalue weighted by molar-refractivity contribution is 4.74. The van der Waals surface area contributed by atoms with Crippen LogP contribution in [0.15, 0.2) is 0 Å². The Hall–Kier alpha value is -0.250. The van der Waals surface area contributed by atoms with Crippen molar-refractivity contribution in [1.29, 1.82) is 0 Å². The van der Waals surface area contributed by atoms with E-state index in [1.165, 1.54) is 0 Å². The Morgan fingerprint density at radius 2 is 2.09 bits per heavy atom. The van der Waals surface area contributed by atoms with Crippen molar-refractivity contribution in [2.75, 3.05) is 6.54 Å². The van der Waals surface area contributed by atoms with Gasteiger partial charge < -0.3 is 5.32 Å². The maximum Gasteiger partial charge on any atom is 0.389 e. The van der Waals surface area contributed by atoms with Crippen LogP contribution in [0.5, 0.6) is 0 Å². The van der Waals surface area contributed by atoms with Crippen LogP contribution in [0, 0.1) is 0 Å². The van der Waals surface area contributed by atoms with Crippen LogP contribution in [0.25, 0.3) is 0 Å². The Labute approximate surface area is 64.0 Å². The average molecular weight is 167 g/mol. The van der Waals surface area contributed by atoms with Crippen molar-refractivity contribution in [3.05, 3.63) is 0 Å². The molecule has 1 aliphatic rings. The van der Waals surface area contributed by atoms with E-state index >= 15 is 0 Å². The van der Waals surface area contributed by atoms with Crippen LogP contribution in [-0.2, 0) is 0 Å². The fraction of sp³-hybridized carbons (Fsp3) is 1.00. The van der Waals surface area contributed by atoms with Crippen molar-refractivity contribution in [3.63, 3.8) is 0 Å². The van der Waals surface area contributed by atoms with Crippen LogP contribution in [0.1, 0.15) is 25.7 Å². The van der Waals surface area contributed by atoms with Crippen LogP contribution < -0.4 is 5.32 Å².